The number of nitrogens with zero attached hydrogens (tertiary/aromatic N) is 2. The largest absolute Gasteiger partial charge is 0.376 e. The number of hydrogen-bond donors (Lipinski definition) is 1. The van der Waals surface area contributed by atoms with Crippen molar-refractivity contribution >= 4 is 26.4 Å². The number of sulfonamides is 1. The van der Waals surface area contributed by atoms with Crippen LogP contribution in [0.25, 0.3) is 11.5 Å². The molecule has 0 spiro atoms. The summed E-state index contributed by atoms with van der Waals surface area (Å²) in [4.78, 5) is 4.35. The van der Waals surface area contributed by atoms with E-state index in [2.05, 4.69) is 14.9 Å². The number of hydrogen-bond acceptors (Lipinski definition) is 7. The van der Waals surface area contributed by atoms with Crippen molar-refractivity contribution in [2.75, 3.05) is 11.3 Å². The molecular weight excluding hydrogens is 400 g/mol. The molecule has 3 heterocycles. The van der Waals surface area contributed by atoms with Gasteiger partial charge in [0.25, 0.3) is 15.9 Å². The summed E-state index contributed by atoms with van der Waals surface area (Å²) in [7, 11) is -4.30. The van der Waals surface area contributed by atoms with Gasteiger partial charge in [-0.25, -0.2) is 17.2 Å². The van der Waals surface area contributed by atoms with Crippen LogP contribution in [0.4, 0.5) is 13.8 Å². The van der Waals surface area contributed by atoms with Gasteiger partial charge in [0.2, 0.25) is 0 Å². The van der Waals surface area contributed by atoms with Crippen LogP contribution >= 0.6 is 11.3 Å². The molecule has 1 aliphatic heterocycles. The number of aryl methyl sites for hydroxylation is 1. The van der Waals surface area contributed by atoms with E-state index >= 15 is 0 Å². The van der Waals surface area contributed by atoms with E-state index in [0.29, 0.717) is 37.1 Å². The van der Waals surface area contributed by atoms with Gasteiger partial charge in [-0.2, -0.15) is 4.98 Å². The quantitative estimate of drug-likeness (QED) is 0.706. The Labute approximate surface area is 157 Å². The van der Waals surface area contributed by atoms with Gasteiger partial charge in [-0.1, -0.05) is 5.16 Å². The summed E-state index contributed by atoms with van der Waals surface area (Å²) >= 11 is 1.16. The van der Waals surface area contributed by atoms with Crippen molar-refractivity contribution in [3.05, 3.63) is 46.1 Å². The Balaban J connectivity index is 1.81. The molecule has 27 heavy (non-hydrogen) atoms. The third kappa shape index (κ3) is 3.33. The van der Waals surface area contributed by atoms with Crippen molar-refractivity contribution in [2.45, 2.75) is 24.8 Å². The van der Waals surface area contributed by atoms with Crippen LogP contribution in [0.3, 0.4) is 0 Å². The van der Waals surface area contributed by atoms with E-state index in [1.54, 1.807) is 6.92 Å². The number of ether oxygens (including phenoxy) is 1. The van der Waals surface area contributed by atoms with Crippen LogP contribution in [-0.4, -0.2) is 25.2 Å². The SMILES string of the molecule is Cc1noc(-c2c(NS(=O)(=O)c3ccc(F)cc3F)sc3c2CCOC3)n1. The Morgan fingerprint density at radius 3 is 2.81 bits per heavy atom. The highest BCUT2D eigenvalue weighted by molar-refractivity contribution is 7.93. The average molecular weight is 413 g/mol. The van der Waals surface area contributed by atoms with Crippen LogP contribution in [0.5, 0.6) is 0 Å². The summed E-state index contributed by atoms with van der Waals surface area (Å²) in [5.74, 6) is -1.47. The van der Waals surface area contributed by atoms with Gasteiger partial charge in [0, 0.05) is 10.9 Å². The van der Waals surface area contributed by atoms with Crippen LogP contribution in [0, 0.1) is 18.6 Å². The Hall–Kier alpha value is -2.37. The van der Waals surface area contributed by atoms with E-state index in [4.69, 9.17) is 9.26 Å². The number of thiophene rings is 1. The second-order valence-electron chi connectivity index (χ2n) is 5.84. The van der Waals surface area contributed by atoms with Crippen molar-refractivity contribution in [3.8, 4) is 11.5 Å². The number of nitrogens with one attached hydrogen (secondary N) is 1. The van der Waals surface area contributed by atoms with Crippen LogP contribution in [0.2, 0.25) is 0 Å². The molecule has 0 unspecified atom stereocenters. The first-order valence-corrected chi connectivity index (χ1v) is 10.2. The Morgan fingerprint density at radius 2 is 2.11 bits per heavy atom. The Kier molecular flexibility index (Phi) is 4.44. The molecule has 142 valence electrons. The highest BCUT2D eigenvalue weighted by atomic mass is 32.2. The van der Waals surface area contributed by atoms with E-state index in [1.165, 1.54) is 0 Å². The number of aromatic nitrogens is 2. The minimum atomic E-state index is -4.30. The molecule has 4 rings (SSSR count). The van der Waals surface area contributed by atoms with E-state index in [1.807, 2.05) is 0 Å². The predicted octanol–water partition coefficient (Wildman–Crippen LogP) is 3.26. The third-order valence-corrected chi connectivity index (χ3v) is 6.61. The molecule has 0 fully saturated rings. The standard InChI is InChI=1S/C16H13F2N3O4S2/c1-8-19-15(25-20-8)14-10-4-5-24-7-12(10)26-16(14)21-27(22,23)13-3-2-9(17)6-11(13)18/h2-3,6,21H,4-5,7H2,1H3. The van der Waals surface area contributed by atoms with E-state index in [0.717, 1.165) is 33.9 Å². The van der Waals surface area contributed by atoms with Gasteiger partial charge in [-0.05, 0) is 31.0 Å². The molecule has 3 aromatic rings. The molecule has 2 aromatic heterocycles. The van der Waals surface area contributed by atoms with Gasteiger partial charge in [-0.3, -0.25) is 4.72 Å². The van der Waals surface area contributed by atoms with Crippen LogP contribution in [-0.2, 0) is 27.8 Å². The molecule has 11 heteroatoms. The van der Waals surface area contributed by atoms with Gasteiger partial charge in [0.1, 0.15) is 21.5 Å². The van der Waals surface area contributed by atoms with Gasteiger partial charge in [0.15, 0.2) is 5.82 Å². The number of fused-ring (bicyclic) bond motifs is 1. The molecule has 7 nitrogen and oxygen atoms in total. The molecule has 0 saturated carbocycles. The fourth-order valence-electron chi connectivity index (χ4n) is 2.80. The summed E-state index contributed by atoms with van der Waals surface area (Å²) < 4.78 is 65.4. The topological polar surface area (TPSA) is 94.3 Å². The van der Waals surface area contributed by atoms with Crippen LogP contribution < -0.4 is 4.72 Å². The fourth-order valence-corrected chi connectivity index (χ4v) is 5.34. The molecule has 0 amide bonds. The van der Waals surface area contributed by atoms with Crippen LogP contribution in [0.15, 0.2) is 27.6 Å². The van der Waals surface area contributed by atoms with Crippen molar-refractivity contribution in [1.82, 2.24) is 10.1 Å². The summed E-state index contributed by atoms with van der Waals surface area (Å²) in [5.41, 5.74) is 1.32. The Bertz CT molecular complexity index is 1120. The average Bonchev–Trinajstić information content (AvgIpc) is 3.16. The minimum absolute atomic E-state index is 0.171. The number of benzene rings is 1. The molecular formula is C16H13F2N3O4S2. The number of rotatable bonds is 4. The lowest BCUT2D eigenvalue weighted by Crippen LogP contribution is -2.14. The molecule has 0 atom stereocenters. The second-order valence-corrected chi connectivity index (χ2v) is 8.59. The van der Waals surface area contributed by atoms with E-state index in [9.17, 15) is 17.2 Å². The lowest BCUT2D eigenvalue weighted by Gasteiger charge is -2.12. The molecule has 0 bridgehead atoms. The van der Waals surface area contributed by atoms with Crippen molar-refractivity contribution in [1.29, 1.82) is 0 Å². The first kappa shape index (κ1) is 18.0. The van der Waals surface area contributed by atoms with Gasteiger partial charge < -0.3 is 9.26 Å². The first-order valence-electron chi connectivity index (χ1n) is 7.86. The molecule has 1 aromatic carbocycles. The summed E-state index contributed by atoms with van der Waals surface area (Å²) in [6, 6.07) is 2.28. The summed E-state index contributed by atoms with van der Waals surface area (Å²) in [6.07, 6.45) is 0.551. The van der Waals surface area contributed by atoms with Crippen molar-refractivity contribution < 1.29 is 26.5 Å². The zero-order chi connectivity index (χ0) is 19.2. The molecule has 1 aliphatic rings. The first-order chi connectivity index (χ1) is 12.8. The van der Waals surface area contributed by atoms with Gasteiger partial charge >= 0.3 is 0 Å². The molecule has 1 N–H and O–H groups in total. The van der Waals surface area contributed by atoms with Crippen molar-refractivity contribution in [2.24, 2.45) is 0 Å². The van der Waals surface area contributed by atoms with E-state index < -0.39 is 26.6 Å². The summed E-state index contributed by atoms with van der Waals surface area (Å²) in [5, 5.41) is 3.97. The van der Waals surface area contributed by atoms with Gasteiger partial charge in [0.05, 0.1) is 18.8 Å². The summed E-state index contributed by atoms with van der Waals surface area (Å²) in [6.45, 7) is 2.45. The fraction of sp³-hybridized carbons (Fsp3) is 0.250. The molecule has 0 aliphatic carbocycles. The molecule has 0 saturated heterocycles. The maximum absolute atomic E-state index is 14.0. The maximum atomic E-state index is 14.0. The van der Waals surface area contributed by atoms with Crippen LogP contribution in [0.1, 0.15) is 16.3 Å². The third-order valence-electron chi connectivity index (χ3n) is 3.97. The highest BCUT2D eigenvalue weighted by Gasteiger charge is 2.29. The monoisotopic (exact) mass is 413 g/mol. The zero-order valence-electron chi connectivity index (χ0n) is 14.0. The smallest absolute Gasteiger partial charge is 0.265 e. The lowest BCUT2D eigenvalue weighted by molar-refractivity contribution is 0.113. The second kappa shape index (κ2) is 6.66. The maximum Gasteiger partial charge on any atom is 0.265 e. The minimum Gasteiger partial charge on any atom is -0.376 e. The van der Waals surface area contributed by atoms with E-state index in [-0.39, 0.29) is 10.9 Å². The van der Waals surface area contributed by atoms with Crippen molar-refractivity contribution in [3.63, 3.8) is 0 Å². The highest BCUT2D eigenvalue weighted by Crippen LogP contribution is 2.43. The predicted molar refractivity (Wildman–Crippen MR) is 92.9 cm³/mol. The lowest BCUT2D eigenvalue weighted by atomic mass is 10.1. The Morgan fingerprint density at radius 1 is 1.30 bits per heavy atom. The normalized spacial score (nSPS) is 14.2. The van der Waals surface area contributed by atoms with Gasteiger partial charge in [-0.15, -0.1) is 11.3 Å². The zero-order valence-corrected chi connectivity index (χ0v) is 15.6. The number of halogens is 2. The number of anilines is 1. The molecule has 0 radical (unpaired) electrons.